The first kappa shape index (κ1) is 15.0. The van der Waals surface area contributed by atoms with E-state index < -0.39 is 0 Å². The third-order valence-corrected chi connectivity index (χ3v) is 8.05. The molecular weight excluding hydrogens is 320 g/mol. The van der Waals surface area contributed by atoms with Gasteiger partial charge in [-0.3, -0.25) is 4.79 Å². The summed E-state index contributed by atoms with van der Waals surface area (Å²) in [4.78, 5) is 13.2. The van der Waals surface area contributed by atoms with Crippen LogP contribution < -0.4 is 4.74 Å². The van der Waals surface area contributed by atoms with Gasteiger partial charge in [-0.25, -0.2) is 0 Å². The van der Waals surface area contributed by atoms with Gasteiger partial charge in [0.1, 0.15) is 5.75 Å². The second kappa shape index (κ2) is 5.00. The van der Waals surface area contributed by atoms with Crippen molar-refractivity contribution in [3.8, 4) is 5.75 Å². The minimum Gasteiger partial charge on any atom is -0.426 e. The van der Waals surface area contributed by atoms with Crippen LogP contribution in [0.5, 0.6) is 5.75 Å². The number of ether oxygens (including phenoxy) is 1. The van der Waals surface area contributed by atoms with Crippen LogP contribution in [0.1, 0.15) is 26.2 Å². The maximum Gasteiger partial charge on any atom is 0.317 e. The average Bonchev–Trinajstić information content (AvgIpc) is 3.40. The Labute approximate surface area is 154 Å². The second-order valence-corrected chi connectivity index (χ2v) is 9.23. The Kier molecular flexibility index (Phi) is 2.89. The summed E-state index contributed by atoms with van der Waals surface area (Å²) < 4.78 is 5.93. The topological polar surface area (TPSA) is 26.3 Å². The molecule has 2 nitrogen and oxygen atoms in total. The Hall–Kier alpha value is -2.09. The smallest absolute Gasteiger partial charge is 0.317 e. The molecule has 4 aliphatic carbocycles. The van der Waals surface area contributed by atoms with E-state index >= 15 is 0 Å². The zero-order chi connectivity index (χ0) is 17.5. The van der Waals surface area contributed by atoms with Crippen LogP contribution in [0.25, 0.3) is 10.8 Å². The minimum atomic E-state index is -0.310. The summed E-state index contributed by atoms with van der Waals surface area (Å²) >= 11 is 0. The zero-order valence-corrected chi connectivity index (χ0v) is 15.1. The Morgan fingerprint density at radius 3 is 2.62 bits per heavy atom. The van der Waals surface area contributed by atoms with E-state index in [-0.39, 0.29) is 11.4 Å². The van der Waals surface area contributed by atoms with E-state index in [0.717, 1.165) is 35.5 Å². The molecule has 7 atom stereocenters. The van der Waals surface area contributed by atoms with Crippen LogP contribution in [-0.2, 0) is 4.79 Å². The zero-order valence-electron chi connectivity index (χ0n) is 15.1. The van der Waals surface area contributed by atoms with Crippen molar-refractivity contribution in [1.29, 1.82) is 0 Å². The van der Waals surface area contributed by atoms with Gasteiger partial charge in [-0.05, 0) is 84.6 Å². The van der Waals surface area contributed by atoms with Crippen LogP contribution in [0.4, 0.5) is 0 Å². The highest BCUT2D eigenvalue weighted by Gasteiger charge is 2.67. The number of benzene rings is 2. The highest BCUT2D eigenvalue weighted by molar-refractivity contribution is 5.86. The van der Waals surface area contributed by atoms with Gasteiger partial charge in [0.15, 0.2) is 0 Å². The van der Waals surface area contributed by atoms with Crippen molar-refractivity contribution in [2.45, 2.75) is 26.2 Å². The summed E-state index contributed by atoms with van der Waals surface area (Å²) in [7, 11) is 0. The number of rotatable bonds is 2. The SMILES string of the molecule is CC1(C(=O)Oc2ccc3ccccc3c2)CC2CC1C1C3C=CC(C3)C21. The Morgan fingerprint density at radius 2 is 1.77 bits per heavy atom. The summed E-state index contributed by atoms with van der Waals surface area (Å²) in [6.07, 6.45) is 8.46. The van der Waals surface area contributed by atoms with Gasteiger partial charge in [0.25, 0.3) is 0 Å². The highest BCUT2D eigenvalue weighted by atomic mass is 16.5. The Balaban J connectivity index is 1.28. The lowest BCUT2D eigenvalue weighted by atomic mass is 9.63. The molecule has 0 radical (unpaired) electrons. The molecule has 0 N–H and O–H groups in total. The fourth-order valence-electron chi connectivity index (χ4n) is 7.06. The number of hydrogen-bond donors (Lipinski definition) is 0. The van der Waals surface area contributed by atoms with Crippen LogP contribution in [0, 0.1) is 40.9 Å². The van der Waals surface area contributed by atoms with Crippen molar-refractivity contribution in [2.24, 2.45) is 40.9 Å². The lowest BCUT2D eigenvalue weighted by molar-refractivity contribution is -0.150. The maximum atomic E-state index is 13.2. The number of carbonyl (C=O) groups excluding carboxylic acids is 1. The molecule has 0 heterocycles. The first-order chi connectivity index (χ1) is 12.6. The molecule has 4 bridgehead atoms. The lowest BCUT2D eigenvalue weighted by Crippen LogP contribution is -2.44. The minimum absolute atomic E-state index is 0.00881. The van der Waals surface area contributed by atoms with Crippen molar-refractivity contribution >= 4 is 16.7 Å². The van der Waals surface area contributed by atoms with Gasteiger partial charge in [0.05, 0.1) is 5.41 Å². The third-order valence-electron chi connectivity index (χ3n) is 8.05. The molecule has 3 fully saturated rings. The van der Waals surface area contributed by atoms with E-state index in [1.807, 2.05) is 30.3 Å². The first-order valence-corrected chi connectivity index (χ1v) is 10.0. The summed E-state index contributed by atoms with van der Waals surface area (Å²) in [6, 6.07) is 14.2. The maximum absolute atomic E-state index is 13.2. The molecule has 132 valence electrons. The molecule has 6 rings (SSSR count). The van der Waals surface area contributed by atoms with Crippen LogP contribution in [0.3, 0.4) is 0 Å². The standard InChI is InChI=1S/C24H24O2/c1-24(13-18-12-20(24)22-17-7-6-16(10-17)21(18)22)23(25)26-19-9-8-14-4-2-3-5-15(14)11-19/h2-9,11,16-18,20-22H,10,12-13H2,1H3. The molecule has 2 aromatic carbocycles. The van der Waals surface area contributed by atoms with E-state index in [2.05, 4.69) is 31.2 Å². The molecular formula is C24H24O2. The van der Waals surface area contributed by atoms with Crippen molar-refractivity contribution in [3.63, 3.8) is 0 Å². The molecule has 4 aliphatic rings. The van der Waals surface area contributed by atoms with E-state index in [0.29, 0.717) is 17.6 Å². The van der Waals surface area contributed by atoms with Crippen molar-refractivity contribution in [2.75, 3.05) is 0 Å². The molecule has 7 unspecified atom stereocenters. The normalized spacial score (nSPS) is 41.7. The summed E-state index contributed by atoms with van der Waals surface area (Å²) in [5.74, 6) is 4.97. The van der Waals surface area contributed by atoms with Crippen LogP contribution in [0.2, 0.25) is 0 Å². The van der Waals surface area contributed by atoms with Crippen LogP contribution in [0.15, 0.2) is 54.6 Å². The second-order valence-electron chi connectivity index (χ2n) is 9.23. The van der Waals surface area contributed by atoms with Gasteiger partial charge >= 0.3 is 5.97 Å². The van der Waals surface area contributed by atoms with Crippen molar-refractivity contribution in [1.82, 2.24) is 0 Å². The van der Waals surface area contributed by atoms with Gasteiger partial charge in [-0.1, -0.05) is 42.5 Å². The molecule has 3 saturated carbocycles. The van der Waals surface area contributed by atoms with Crippen LogP contribution >= 0.6 is 0 Å². The first-order valence-electron chi connectivity index (χ1n) is 10.0. The Bertz CT molecular complexity index is 944. The fraction of sp³-hybridized carbons (Fsp3) is 0.458. The molecule has 26 heavy (non-hydrogen) atoms. The highest BCUT2D eigenvalue weighted by Crippen LogP contribution is 2.70. The molecule has 2 aromatic rings. The predicted molar refractivity (Wildman–Crippen MR) is 102 cm³/mol. The van der Waals surface area contributed by atoms with Crippen LogP contribution in [-0.4, -0.2) is 5.97 Å². The van der Waals surface area contributed by atoms with Gasteiger partial charge in [-0.15, -0.1) is 0 Å². The molecule has 0 spiro atoms. The van der Waals surface area contributed by atoms with Gasteiger partial charge in [-0.2, -0.15) is 0 Å². The monoisotopic (exact) mass is 344 g/mol. The van der Waals surface area contributed by atoms with E-state index in [9.17, 15) is 4.79 Å². The predicted octanol–water partition coefficient (Wildman–Crippen LogP) is 5.23. The van der Waals surface area contributed by atoms with Gasteiger partial charge < -0.3 is 4.74 Å². The van der Waals surface area contributed by atoms with Crippen molar-refractivity contribution < 1.29 is 9.53 Å². The van der Waals surface area contributed by atoms with Gasteiger partial charge in [0.2, 0.25) is 0 Å². The quantitative estimate of drug-likeness (QED) is 0.323. The number of hydrogen-bond acceptors (Lipinski definition) is 2. The van der Waals surface area contributed by atoms with E-state index in [1.54, 1.807) is 0 Å². The molecule has 0 aromatic heterocycles. The molecule has 2 heteroatoms. The Morgan fingerprint density at radius 1 is 1.00 bits per heavy atom. The van der Waals surface area contributed by atoms with E-state index in [4.69, 9.17) is 4.74 Å². The summed E-state index contributed by atoms with van der Waals surface area (Å²) in [5.41, 5.74) is -0.310. The number of fused-ring (bicyclic) bond motifs is 10. The number of esters is 1. The number of carbonyl (C=O) groups is 1. The van der Waals surface area contributed by atoms with Crippen molar-refractivity contribution in [3.05, 3.63) is 54.6 Å². The lowest BCUT2D eigenvalue weighted by Gasteiger charge is -2.41. The molecule has 0 amide bonds. The summed E-state index contributed by atoms with van der Waals surface area (Å²) in [5, 5.41) is 2.30. The summed E-state index contributed by atoms with van der Waals surface area (Å²) in [6.45, 7) is 2.17. The average molecular weight is 344 g/mol. The fourth-order valence-corrected chi connectivity index (χ4v) is 7.06. The molecule has 0 aliphatic heterocycles. The largest absolute Gasteiger partial charge is 0.426 e. The van der Waals surface area contributed by atoms with Gasteiger partial charge in [0, 0.05) is 0 Å². The van der Waals surface area contributed by atoms with E-state index in [1.165, 1.54) is 18.2 Å². The third kappa shape index (κ3) is 1.85. The molecule has 0 saturated heterocycles. The number of allylic oxidation sites excluding steroid dienone is 2.